The van der Waals surface area contributed by atoms with Gasteiger partial charge in [0.1, 0.15) is 11.9 Å². The van der Waals surface area contributed by atoms with E-state index in [1.54, 1.807) is 18.2 Å². The molecule has 0 aromatic heterocycles. The molecule has 2 rings (SSSR count). The monoisotopic (exact) mass is 397 g/mol. The number of rotatable bonds is 6. The average molecular weight is 398 g/mol. The van der Waals surface area contributed by atoms with Crippen molar-refractivity contribution >= 4 is 35.1 Å². The van der Waals surface area contributed by atoms with Crippen molar-refractivity contribution in [1.29, 1.82) is 0 Å². The Morgan fingerprint density at radius 3 is 2.38 bits per heavy atom. The number of amides is 1. The summed E-state index contributed by atoms with van der Waals surface area (Å²) in [6.45, 7) is 0. The number of aliphatic carboxylic acids is 1. The summed E-state index contributed by atoms with van der Waals surface area (Å²) in [6, 6.07) is 8.84. The van der Waals surface area contributed by atoms with Crippen LogP contribution < -0.4 is 5.32 Å². The zero-order valence-corrected chi connectivity index (χ0v) is 14.7. The molecular weight excluding hydrogens is 384 g/mol. The summed E-state index contributed by atoms with van der Waals surface area (Å²) in [5, 5.41) is 22.2. The first-order valence-electron chi connectivity index (χ1n) is 7.38. The van der Waals surface area contributed by atoms with Crippen molar-refractivity contribution in [2.75, 3.05) is 0 Å². The third-order valence-corrected chi connectivity index (χ3v) is 3.95. The number of carbonyl (C=O) groups excluding carboxylic acids is 1. The van der Waals surface area contributed by atoms with Crippen LogP contribution >= 0.6 is 23.2 Å². The molecule has 0 aliphatic rings. The summed E-state index contributed by atoms with van der Waals surface area (Å²) >= 11 is 11.7. The van der Waals surface area contributed by atoms with E-state index >= 15 is 0 Å². The average Bonchev–Trinajstić information content (AvgIpc) is 2.58. The molecule has 0 saturated carbocycles. The molecule has 0 aliphatic heterocycles. The summed E-state index contributed by atoms with van der Waals surface area (Å²) in [4.78, 5) is 22.5. The number of carboxylic acid groups (broad SMARTS) is 1. The van der Waals surface area contributed by atoms with Gasteiger partial charge in [0, 0.05) is 27.8 Å². The topological polar surface area (TPSA) is 86.6 Å². The van der Waals surface area contributed by atoms with Crippen LogP contribution in [0, 0.1) is 5.82 Å². The number of carbonyl (C=O) groups is 2. The van der Waals surface area contributed by atoms with Crippen LogP contribution in [-0.4, -0.2) is 22.1 Å². The van der Waals surface area contributed by atoms with Crippen LogP contribution in [0.3, 0.4) is 0 Å². The zero-order chi connectivity index (χ0) is 19.3. The zero-order valence-electron chi connectivity index (χ0n) is 13.2. The predicted molar refractivity (Wildman–Crippen MR) is 95.5 cm³/mol. The first-order valence-corrected chi connectivity index (χ1v) is 8.13. The standard InChI is InChI=1S/C18H14Cl2FNO4/c19-11-3-1-2-10(8-11)18(26)17(22-15(23)6-7-16(24)25)13-5-4-12(20)9-14(13)21/h1-9,17-18,26H,(H,22,23)(H,24,25)/t17-,18-/m1/s1. The Hall–Kier alpha value is -2.41. The fraction of sp³-hybridized carbons (Fsp3) is 0.111. The van der Waals surface area contributed by atoms with Crippen LogP contribution in [0.5, 0.6) is 0 Å². The molecule has 136 valence electrons. The number of benzene rings is 2. The van der Waals surface area contributed by atoms with Crippen molar-refractivity contribution in [2.24, 2.45) is 0 Å². The second kappa shape index (κ2) is 8.80. The number of nitrogens with one attached hydrogen (secondary N) is 1. The fourth-order valence-electron chi connectivity index (χ4n) is 2.31. The van der Waals surface area contributed by atoms with E-state index in [9.17, 15) is 19.1 Å². The summed E-state index contributed by atoms with van der Waals surface area (Å²) in [6.07, 6.45) is 0.0658. The molecule has 0 heterocycles. The van der Waals surface area contributed by atoms with Crippen molar-refractivity contribution in [3.8, 4) is 0 Å². The van der Waals surface area contributed by atoms with Crippen molar-refractivity contribution in [2.45, 2.75) is 12.1 Å². The van der Waals surface area contributed by atoms with Crippen molar-refractivity contribution in [3.63, 3.8) is 0 Å². The summed E-state index contributed by atoms with van der Waals surface area (Å²) in [5.41, 5.74) is 0.332. The molecule has 2 aromatic rings. The first-order chi connectivity index (χ1) is 12.3. The highest BCUT2D eigenvalue weighted by atomic mass is 35.5. The van der Waals surface area contributed by atoms with Gasteiger partial charge >= 0.3 is 5.97 Å². The van der Waals surface area contributed by atoms with Gasteiger partial charge in [-0.15, -0.1) is 0 Å². The molecule has 0 bridgehead atoms. The van der Waals surface area contributed by atoms with Gasteiger partial charge in [-0.25, -0.2) is 9.18 Å². The molecule has 2 aromatic carbocycles. The lowest BCUT2D eigenvalue weighted by Gasteiger charge is -2.25. The molecule has 0 spiro atoms. The Bertz CT molecular complexity index is 857. The van der Waals surface area contributed by atoms with Gasteiger partial charge in [0.15, 0.2) is 0 Å². The predicted octanol–water partition coefficient (Wildman–Crippen LogP) is 3.66. The van der Waals surface area contributed by atoms with Gasteiger partial charge in [-0.1, -0.05) is 41.4 Å². The Morgan fingerprint density at radius 1 is 1.08 bits per heavy atom. The number of hydrogen-bond acceptors (Lipinski definition) is 3. The van der Waals surface area contributed by atoms with E-state index in [2.05, 4.69) is 5.32 Å². The summed E-state index contributed by atoms with van der Waals surface area (Å²) in [7, 11) is 0. The van der Waals surface area contributed by atoms with E-state index in [1.807, 2.05) is 0 Å². The van der Waals surface area contributed by atoms with Crippen LogP contribution in [0.15, 0.2) is 54.6 Å². The van der Waals surface area contributed by atoms with Crippen LogP contribution in [0.25, 0.3) is 0 Å². The van der Waals surface area contributed by atoms with Gasteiger partial charge in [-0.3, -0.25) is 4.79 Å². The number of halogens is 3. The minimum absolute atomic E-state index is 0.0149. The maximum absolute atomic E-state index is 14.3. The first kappa shape index (κ1) is 19.9. The van der Waals surface area contributed by atoms with E-state index < -0.39 is 29.8 Å². The lowest BCUT2D eigenvalue weighted by Crippen LogP contribution is -2.32. The molecule has 0 radical (unpaired) electrons. The molecule has 5 nitrogen and oxygen atoms in total. The minimum atomic E-state index is -1.34. The Balaban J connectivity index is 2.40. The van der Waals surface area contributed by atoms with Crippen molar-refractivity contribution in [1.82, 2.24) is 5.32 Å². The molecule has 2 atom stereocenters. The number of aliphatic hydroxyl groups is 1. The molecule has 0 fully saturated rings. The fourth-order valence-corrected chi connectivity index (χ4v) is 2.67. The number of hydrogen-bond donors (Lipinski definition) is 3. The molecular formula is C18H14Cl2FNO4. The molecule has 8 heteroatoms. The highest BCUT2D eigenvalue weighted by Crippen LogP contribution is 2.32. The van der Waals surface area contributed by atoms with Gasteiger partial charge < -0.3 is 15.5 Å². The van der Waals surface area contributed by atoms with E-state index in [-0.39, 0.29) is 10.6 Å². The third-order valence-electron chi connectivity index (χ3n) is 3.48. The second-order valence-corrected chi connectivity index (χ2v) is 6.20. The van der Waals surface area contributed by atoms with E-state index in [1.165, 1.54) is 18.2 Å². The quantitative estimate of drug-likeness (QED) is 0.649. The Kier molecular flexibility index (Phi) is 6.74. The van der Waals surface area contributed by atoms with Gasteiger partial charge in [-0.2, -0.15) is 0 Å². The molecule has 0 unspecified atom stereocenters. The Labute approximate surface area is 158 Å². The van der Waals surface area contributed by atoms with Crippen molar-refractivity contribution in [3.05, 3.63) is 81.6 Å². The lowest BCUT2D eigenvalue weighted by atomic mass is 9.95. The van der Waals surface area contributed by atoms with E-state index in [4.69, 9.17) is 28.3 Å². The molecule has 0 aliphatic carbocycles. The SMILES string of the molecule is O=C(O)C=CC(=O)N[C@H](c1ccc(Cl)cc1F)[C@H](O)c1cccc(Cl)c1. The highest BCUT2D eigenvalue weighted by Gasteiger charge is 2.27. The minimum Gasteiger partial charge on any atom is -0.478 e. The number of aliphatic hydroxyl groups excluding tert-OH is 1. The van der Waals surface area contributed by atoms with E-state index in [0.29, 0.717) is 16.7 Å². The summed E-state index contributed by atoms with van der Waals surface area (Å²) in [5.74, 6) is -2.86. The summed E-state index contributed by atoms with van der Waals surface area (Å²) < 4.78 is 14.3. The smallest absolute Gasteiger partial charge is 0.328 e. The van der Waals surface area contributed by atoms with Crippen molar-refractivity contribution < 1.29 is 24.2 Å². The van der Waals surface area contributed by atoms with Gasteiger partial charge in [0.25, 0.3) is 0 Å². The van der Waals surface area contributed by atoms with Gasteiger partial charge in [0.2, 0.25) is 5.91 Å². The second-order valence-electron chi connectivity index (χ2n) is 5.32. The van der Waals surface area contributed by atoms with Crippen LogP contribution in [0.4, 0.5) is 4.39 Å². The van der Waals surface area contributed by atoms with Crippen LogP contribution in [0.1, 0.15) is 23.3 Å². The lowest BCUT2D eigenvalue weighted by molar-refractivity contribution is -0.131. The van der Waals surface area contributed by atoms with Crippen LogP contribution in [0.2, 0.25) is 10.0 Å². The van der Waals surface area contributed by atoms with E-state index in [0.717, 1.165) is 12.1 Å². The van der Waals surface area contributed by atoms with Gasteiger partial charge in [-0.05, 0) is 29.8 Å². The largest absolute Gasteiger partial charge is 0.478 e. The maximum Gasteiger partial charge on any atom is 0.328 e. The molecule has 26 heavy (non-hydrogen) atoms. The van der Waals surface area contributed by atoms with Crippen LogP contribution in [-0.2, 0) is 9.59 Å². The van der Waals surface area contributed by atoms with Gasteiger partial charge in [0.05, 0.1) is 6.04 Å². The molecule has 0 saturated heterocycles. The number of carboxylic acids is 1. The molecule has 3 N–H and O–H groups in total. The Morgan fingerprint density at radius 2 is 1.77 bits per heavy atom. The highest BCUT2D eigenvalue weighted by molar-refractivity contribution is 6.30. The maximum atomic E-state index is 14.3. The third kappa shape index (κ3) is 5.29. The molecule has 1 amide bonds. The normalized spacial score (nSPS) is 13.4.